The third kappa shape index (κ3) is 3.71. The van der Waals surface area contributed by atoms with Gasteiger partial charge in [-0.05, 0) is 44.7 Å². The van der Waals surface area contributed by atoms with Crippen LogP contribution in [-0.4, -0.2) is 45.5 Å². The number of nitrogens with two attached hydrogens (primary N) is 1. The quantitative estimate of drug-likeness (QED) is 0.762. The van der Waals surface area contributed by atoms with Crippen LogP contribution < -0.4 is 5.73 Å². The number of aromatic nitrogens is 2. The van der Waals surface area contributed by atoms with E-state index in [1.807, 2.05) is 16.9 Å². The van der Waals surface area contributed by atoms with Gasteiger partial charge < -0.3 is 15.7 Å². The molecule has 1 aromatic heterocycles. The minimum atomic E-state index is 0.316. The second-order valence-electron chi connectivity index (χ2n) is 5.06. The van der Waals surface area contributed by atoms with Crippen molar-refractivity contribution in [3.05, 3.63) is 12.3 Å². The second-order valence-corrected chi connectivity index (χ2v) is 5.06. The molecule has 5 heteroatoms. The summed E-state index contributed by atoms with van der Waals surface area (Å²) in [6.45, 7) is 3.57. The lowest BCUT2D eigenvalue weighted by Gasteiger charge is -2.24. The molecule has 1 saturated heterocycles. The van der Waals surface area contributed by atoms with Crippen molar-refractivity contribution in [2.75, 3.05) is 25.4 Å². The summed E-state index contributed by atoms with van der Waals surface area (Å²) in [7, 11) is 0. The molecule has 1 atom stereocenters. The summed E-state index contributed by atoms with van der Waals surface area (Å²) >= 11 is 0. The summed E-state index contributed by atoms with van der Waals surface area (Å²) in [5.74, 6) is 0.594. The number of likely N-dealkylation sites (tertiary alicyclic amines) is 1. The zero-order valence-electron chi connectivity index (χ0n) is 11.0. The molecular weight excluding hydrogens is 228 g/mol. The summed E-state index contributed by atoms with van der Waals surface area (Å²) in [4.78, 5) is 2.56. The largest absolute Gasteiger partial charge is 0.396 e. The van der Waals surface area contributed by atoms with Gasteiger partial charge in [-0.2, -0.15) is 5.10 Å². The third-order valence-corrected chi connectivity index (χ3v) is 3.69. The van der Waals surface area contributed by atoms with Crippen LogP contribution in [0.2, 0.25) is 0 Å². The van der Waals surface area contributed by atoms with E-state index < -0.39 is 0 Å². The molecule has 1 aliphatic heterocycles. The fourth-order valence-electron chi connectivity index (χ4n) is 2.78. The Labute approximate surface area is 109 Å². The second kappa shape index (κ2) is 6.75. The van der Waals surface area contributed by atoms with E-state index in [2.05, 4.69) is 10.00 Å². The number of aliphatic hydroxyl groups excluding tert-OH is 1. The number of hydrogen-bond acceptors (Lipinski definition) is 4. The zero-order valence-corrected chi connectivity index (χ0v) is 11.0. The maximum atomic E-state index is 8.90. The number of anilines is 1. The molecule has 3 N–H and O–H groups in total. The summed E-state index contributed by atoms with van der Waals surface area (Å²) < 4.78 is 1.91. The summed E-state index contributed by atoms with van der Waals surface area (Å²) in [5, 5.41) is 13.1. The maximum Gasteiger partial charge on any atom is 0.145 e. The number of nitrogens with zero attached hydrogens (tertiary/aromatic N) is 3. The molecule has 0 bridgehead atoms. The lowest BCUT2D eigenvalue weighted by atomic mass is 10.1. The molecule has 102 valence electrons. The predicted molar refractivity (Wildman–Crippen MR) is 72.2 cm³/mol. The Bertz CT molecular complexity index is 353. The molecule has 0 aliphatic carbocycles. The predicted octanol–water partition coefficient (Wildman–Crippen LogP) is 1.09. The molecule has 18 heavy (non-hydrogen) atoms. The monoisotopic (exact) mass is 252 g/mol. The van der Waals surface area contributed by atoms with E-state index in [0.29, 0.717) is 18.5 Å². The Hall–Kier alpha value is -1.07. The van der Waals surface area contributed by atoms with Gasteiger partial charge in [0.1, 0.15) is 5.82 Å². The third-order valence-electron chi connectivity index (χ3n) is 3.69. The Morgan fingerprint density at radius 2 is 2.28 bits per heavy atom. The molecule has 1 aliphatic rings. The van der Waals surface area contributed by atoms with E-state index in [0.717, 1.165) is 32.4 Å². The van der Waals surface area contributed by atoms with Crippen LogP contribution in [0.3, 0.4) is 0 Å². The van der Waals surface area contributed by atoms with Crippen LogP contribution in [0.25, 0.3) is 0 Å². The Balaban J connectivity index is 1.69. The van der Waals surface area contributed by atoms with Gasteiger partial charge in [0.2, 0.25) is 0 Å². The summed E-state index contributed by atoms with van der Waals surface area (Å²) in [6.07, 6.45) is 7.68. The highest BCUT2D eigenvalue weighted by Gasteiger charge is 2.23. The molecule has 2 rings (SSSR count). The minimum absolute atomic E-state index is 0.316. The average molecular weight is 252 g/mol. The van der Waals surface area contributed by atoms with E-state index in [1.54, 1.807) is 0 Å². The molecule has 1 unspecified atom stereocenters. The van der Waals surface area contributed by atoms with Gasteiger partial charge in [0.15, 0.2) is 0 Å². The first-order valence-corrected chi connectivity index (χ1v) is 6.93. The molecule has 1 fully saturated rings. The minimum Gasteiger partial charge on any atom is -0.396 e. The molecule has 0 aromatic carbocycles. The van der Waals surface area contributed by atoms with E-state index in [4.69, 9.17) is 10.8 Å². The number of aliphatic hydroxyl groups is 1. The van der Waals surface area contributed by atoms with E-state index >= 15 is 0 Å². The van der Waals surface area contributed by atoms with Crippen LogP contribution in [0.15, 0.2) is 12.3 Å². The van der Waals surface area contributed by atoms with Gasteiger partial charge in [-0.25, -0.2) is 0 Å². The topological polar surface area (TPSA) is 67.3 Å². The first-order valence-electron chi connectivity index (χ1n) is 6.93. The van der Waals surface area contributed by atoms with Gasteiger partial charge in [-0.3, -0.25) is 4.68 Å². The van der Waals surface area contributed by atoms with Crippen molar-refractivity contribution in [3.63, 3.8) is 0 Å². The van der Waals surface area contributed by atoms with Gasteiger partial charge >= 0.3 is 0 Å². The highest BCUT2D eigenvalue weighted by molar-refractivity contribution is 5.23. The lowest BCUT2D eigenvalue weighted by Crippen LogP contribution is -2.31. The Morgan fingerprint density at radius 3 is 3.00 bits per heavy atom. The number of nitrogen functional groups attached to an aromatic ring is 1. The molecule has 0 amide bonds. The molecule has 0 spiro atoms. The van der Waals surface area contributed by atoms with Crippen LogP contribution in [0, 0.1) is 0 Å². The molecule has 0 saturated carbocycles. The van der Waals surface area contributed by atoms with E-state index in [9.17, 15) is 0 Å². The molecule has 1 aromatic rings. The SMILES string of the molecule is Nc1ccn(CCCN2CCCC2CCCO)n1. The Kier molecular flexibility index (Phi) is 5.01. The van der Waals surface area contributed by atoms with Gasteiger partial charge in [-0.15, -0.1) is 0 Å². The van der Waals surface area contributed by atoms with Crippen molar-refractivity contribution in [1.29, 1.82) is 0 Å². The standard InChI is InChI=1S/C13H24N4O/c14-13-6-10-17(15-13)9-3-8-16-7-1-4-12(16)5-2-11-18/h6,10,12,18H,1-5,7-9,11H2,(H2,14,15). The fraction of sp³-hybridized carbons (Fsp3) is 0.769. The number of rotatable bonds is 7. The van der Waals surface area contributed by atoms with Gasteiger partial charge in [0.05, 0.1) is 0 Å². The van der Waals surface area contributed by atoms with Gasteiger partial charge in [0, 0.05) is 31.9 Å². The van der Waals surface area contributed by atoms with Crippen molar-refractivity contribution in [2.24, 2.45) is 0 Å². The average Bonchev–Trinajstić information content (AvgIpc) is 2.96. The molecule has 5 nitrogen and oxygen atoms in total. The zero-order chi connectivity index (χ0) is 12.8. The highest BCUT2D eigenvalue weighted by atomic mass is 16.2. The fourth-order valence-corrected chi connectivity index (χ4v) is 2.78. The normalized spacial score (nSPS) is 20.6. The smallest absolute Gasteiger partial charge is 0.145 e. The summed E-state index contributed by atoms with van der Waals surface area (Å²) in [6, 6.07) is 2.51. The van der Waals surface area contributed by atoms with Crippen LogP contribution in [0.5, 0.6) is 0 Å². The highest BCUT2D eigenvalue weighted by Crippen LogP contribution is 2.21. The molecule has 2 heterocycles. The van der Waals surface area contributed by atoms with Crippen molar-refractivity contribution in [3.8, 4) is 0 Å². The van der Waals surface area contributed by atoms with Crippen molar-refractivity contribution < 1.29 is 5.11 Å². The van der Waals surface area contributed by atoms with Crippen LogP contribution in [-0.2, 0) is 6.54 Å². The van der Waals surface area contributed by atoms with Gasteiger partial charge in [-0.1, -0.05) is 0 Å². The van der Waals surface area contributed by atoms with Crippen LogP contribution in [0.4, 0.5) is 5.82 Å². The number of hydrogen-bond donors (Lipinski definition) is 2. The maximum absolute atomic E-state index is 8.90. The summed E-state index contributed by atoms with van der Waals surface area (Å²) in [5.41, 5.74) is 5.58. The molecule has 0 radical (unpaired) electrons. The number of aryl methyl sites for hydroxylation is 1. The van der Waals surface area contributed by atoms with Crippen LogP contribution >= 0.6 is 0 Å². The Morgan fingerprint density at radius 1 is 1.39 bits per heavy atom. The van der Waals surface area contributed by atoms with Crippen LogP contribution in [0.1, 0.15) is 32.1 Å². The first kappa shape index (κ1) is 13.4. The van der Waals surface area contributed by atoms with Crippen molar-refractivity contribution >= 4 is 5.82 Å². The first-order chi connectivity index (χ1) is 8.79. The van der Waals surface area contributed by atoms with Crippen molar-refractivity contribution in [2.45, 2.75) is 44.7 Å². The lowest BCUT2D eigenvalue weighted by molar-refractivity contribution is 0.211. The van der Waals surface area contributed by atoms with Gasteiger partial charge in [0.25, 0.3) is 0 Å². The van der Waals surface area contributed by atoms with E-state index in [-0.39, 0.29) is 0 Å². The van der Waals surface area contributed by atoms with Crippen molar-refractivity contribution in [1.82, 2.24) is 14.7 Å². The molecular formula is C13H24N4O. The van der Waals surface area contributed by atoms with E-state index in [1.165, 1.54) is 19.4 Å².